The van der Waals surface area contributed by atoms with Gasteiger partial charge in [0.1, 0.15) is 0 Å². The number of fused-ring (bicyclic) bond motifs is 1. The van der Waals surface area contributed by atoms with Gasteiger partial charge < -0.3 is 9.47 Å². The second kappa shape index (κ2) is 6.70. The highest BCUT2D eigenvalue weighted by molar-refractivity contribution is 6.02. The number of benzene rings is 1. The molecule has 0 fully saturated rings. The van der Waals surface area contributed by atoms with Gasteiger partial charge in [0.15, 0.2) is 12.3 Å². The minimum Gasteiger partial charge on any atom is -0.463 e. The van der Waals surface area contributed by atoms with Crippen molar-refractivity contribution in [2.75, 3.05) is 13.2 Å². The van der Waals surface area contributed by atoms with Gasteiger partial charge in [-0.2, -0.15) is 5.10 Å². The molecule has 20 heavy (non-hydrogen) atoms. The molecule has 0 spiro atoms. The number of para-hydroxylation sites is 1. The third-order valence-corrected chi connectivity index (χ3v) is 2.75. The van der Waals surface area contributed by atoms with E-state index in [1.807, 2.05) is 13.0 Å². The maximum atomic E-state index is 11.8. The van der Waals surface area contributed by atoms with E-state index in [1.54, 1.807) is 18.2 Å². The number of hydrogen-bond donors (Lipinski definition) is 1. The Morgan fingerprint density at radius 3 is 2.85 bits per heavy atom. The fraction of sp³-hybridized carbons (Fsp3) is 0.357. The Balaban J connectivity index is 1.90. The molecule has 2 rings (SSSR count). The molecule has 0 amide bonds. The van der Waals surface area contributed by atoms with Crippen LogP contribution >= 0.6 is 0 Å². The number of hydrogen-bond acceptors (Lipinski definition) is 5. The summed E-state index contributed by atoms with van der Waals surface area (Å²) in [7, 11) is 0. The molecule has 0 aliphatic carbocycles. The number of unbranched alkanes of at least 4 members (excludes halogenated alkanes) is 1. The lowest BCUT2D eigenvalue weighted by molar-refractivity contribution is -0.147. The van der Waals surface area contributed by atoms with Gasteiger partial charge in [-0.05, 0) is 12.5 Å². The molecule has 0 radical (unpaired) electrons. The number of aromatic amines is 1. The van der Waals surface area contributed by atoms with Gasteiger partial charge in [0.2, 0.25) is 0 Å². The number of nitrogens with zero attached hydrogens (tertiary/aromatic N) is 1. The standard InChI is InChI=1S/C14H16N2O4/c1-2-3-8-19-12(17)9-20-14(18)13-10-6-4-5-7-11(10)15-16-13/h4-7H,2-3,8-9H2,1H3,(H,15,16). The molecule has 2 aromatic rings. The predicted octanol–water partition coefficient (Wildman–Crippen LogP) is 2.06. The van der Waals surface area contributed by atoms with Gasteiger partial charge in [0, 0.05) is 5.39 Å². The van der Waals surface area contributed by atoms with Crippen molar-refractivity contribution in [3.63, 3.8) is 0 Å². The quantitative estimate of drug-likeness (QED) is 0.645. The zero-order valence-corrected chi connectivity index (χ0v) is 11.2. The monoisotopic (exact) mass is 276 g/mol. The van der Waals surface area contributed by atoms with Crippen LogP contribution < -0.4 is 0 Å². The summed E-state index contributed by atoms with van der Waals surface area (Å²) in [6, 6.07) is 7.20. The lowest BCUT2D eigenvalue weighted by Gasteiger charge is -2.04. The van der Waals surface area contributed by atoms with Crippen LogP contribution in [0.15, 0.2) is 24.3 Å². The lowest BCUT2D eigenvalue weighted by atomic mass is 10.2. The third-order valence-electron chi connectivity index (χ3n) is 2.75. The molecule has 0 saturated heterocycles. The van der Waals surface area contributed by atoms with E-state index in [0.717, 1.165) is 18.4 Å². The SMILES string of the molecule is CCCCOC(=O)COC(=O)c1n[nH]c2ccccc12. The number of rotatable bonds is 6. The van der Waals surface area contributed by atoms with E-state index in [-0.39, 0.29) is 5.69 Å². The van der Waals surface area contributed by atoms with Crippen molar-refractivity contribution in [3.8, 4) is 0 Å². The van der Waals surface area contributed by atoms with E-state index >= 15 is 0 Å². The number of nitrogens with one attached hydrogen (secondary N) is 1. The first-order valence-electron chi connectivity index (χ1n) is 6.48. The van der Waals surface area contributed by atoms with Crippen LogP contribution in [0.5, 0.6) is 0 Å². The van der Waals surface area contributed by atoms with Crippen molar-refractivity contribution < 1.29 is 19.1 Å². The van der Waals surface area contributed by atoms with E-state index in [1.165, 1.54) is 0 Å². The summed E-state index contributed by atoms with van der Waals surface area (Å²) in [5, 5.41) is 7.29. The van der Waals surface area contributed by atoms with E-state index in [4.69, 9.17) is 9.47 Å². The van der Waals surface area contributed by atoms with Crippen LogP contribution in [0, 0.1) is 0 Å². The molecule has 0 bridgehead atoms. The van der Waals surface area contributed by atoms with Gasteiger partial charge in [0.25, 0.3) is 0 Å². The number of H-pyrrole nitrogens is 1. The highest BCUT2D eigenvalue weighted by Gasteiger charge is 2.16. The summed E-state index contributed by atoms with van der Waals surface area (Å²) in [4.78, 5) is 23.2. The molecule has 1 aromatic carbocycles. The van der Waals surface area contributed by atoms with Crippen molar-refractivity contribution in [3.05, 3.63) is 30.0 Å². The number of carbonyl (C=O) groups excluding carboxylic acids is 2. The molecule has 0 atom stereocenters. The summed E-state index contributed by atoms with van der Waals surface area (Å²) in [6.07, 6.45) is 1.73. The Kier molecular flexibility index (Phi) is 4.70. The molecule has 0 saturated carbocycles. The fourth-order valence-corrected chi connectivity index (χ4v) is 1.68. The topological polar surface area (TPSA) is 81.3 Å². The summed E-state index contributed by atoms with van der Waals surface area (Å²) in [5.74, 6) is -1.19. The molecule has 6 nitrogen and oxygen atoms in total. The number of esters is 2. The molecular weight excluding hydrogens is 260 g/mol. The largest absolute Gasteiger partial charge is 0.463 e. The normalized spacial score (nSPS) is 10.4. The Hall–Kier alpha value is -2.37. The van der Waals surface area contributed by atoms with Gasteiger partial charge in [-0.15, -0.1) is 0 Å². The molecular formula is C14H16N2O4. The van der Waals surface area contributed by atoms with Gasteiger partial charge in [-0.25, -0.2) is 9.59 Å². The van der Waals surface area contributed by atoms with Crippen LogP contribution in [0.3, 0.4) is 0 Å². The van der Waals surface area contributed by atoms with Gasteiger partial charge >= 0.3 is 11.9 Å². The van der Waals surface area contributed by atoms with Gasteiger partial charge in [-0.1, -0.05) is 31.5 Å². The minimum absolute atomic E-state index is 0.168. The fourth-order valence-electron chi connectivity index (χ4n) is 1.68. The van der Waals surface area contributed by atoms with Crippen LogP contribution in [0.4, 0.5) is 0 Å². The highest BCUT2D eigenvalue weighted by atomic mass is 16.6. The molecule has 106 valence electrons. The zero-order chi connectivity index (χ0) is 14.4. The van der Waals surface area contributed by atoms with Crippen molar-refractivity contribution in [2.45, 2.75) is 19.8 Å². The zero-order valence-electron chi connectivity index (χ0n) is 11.2. The first-order chi connectivity index (χ1) is 9.72. The van der Waals surface area contributed by atoms with Crippen LogP contribution in [-0.4, -0.2) is 35.3 Å². The second-order valence-electron chi connectivity index (χ2n) is 4.27. The summed E-state index contributed by atoms with van der Waals surface area (Å²) in [5.41, 5.74) is 0.909. The van der Waals surface area contributed by atoms with Crippen molar-refractivity contribution in [1.82, 2.24) is 10.2 Å². The first-order valence-corrected chi connectivity index (χ1v) is 6.48. The van der Waals surface area contributed by atoms with E-state index < -0.39 is 18.5 Å². The third kappa shape index (κ3) is 3.34. The number of ether oxygens (including phenoxy) is 2. The molecule has 0 unspecified atom stereocenters. The molecule has 1 N–H and O–H groups in total. The maximum absolute atomic E-state index is 11.8. The Morgan fingerprint density at radius 1 is 1.25 bits per heavy atom. The van der Waals surface area contributed by atoms with Crippen LogP contribution in [0.2, 0.25) is 0 Å². The summed E-state index contributed by atoms with van der Waals surface area (Å²) < 4.78 is 9.78. The maximum Gasteiger partial charge on any atom is 0.360 e. The number of carbonyl (C=O) groups is 2. The minimum atomic E-state index is -0.644. The Morgan fingerprint density at radius 2 is 2.05 bits per heavy atom. The Bertz CT molecular complexity index is 606. The molecule has 1 aromatic heterocycles. The molecule has 0 aliphatic heterocycles. The summed E-state index contributed by atoms with van der Waals surface area (Å²) in [6.45, 7) is 1.94. The van der Waals surface area contributed by atoms with Crippen LogP contribution in [0.25, 0.3) is 10.9 Å². The molecule has 1 heterocycles. The molecule has 6 heteroatoms. The number of aromatic nitrogens is 2. The van der Waals surface area contributed by atoms with Gasteiger partial charge in [-0.3, -0.25) is 5.10 Å². The average molecular weight is 276 g/mol. The van der Waals surface area contributed by atoms with Gasteiger partial charge in [0.05, 0.1) is 12.1 Å². The highest BCUT2D eigenvalue weighted by Crippen LogP contribution is 2.15. The van der Waals surface area contributed by atoms with Crippen molar-refractivity contribution in [2.24, 2.45) is 0 Å². The van der Waals surface area contributed by atoms with Crippen LogP contribution in [-0.2, 0) is 14.3 Å². The van der Waals surface area contributed by atoms with E-state index in [9.17, 15) is 9.59 Å². The average Bonchev–Trinajstić information content (AvgIpc) is 2.89. The van der Waals surface area contributed by atoms with Crippen molar-refractivity contribution in [1.29, 1.82) is 0 Å². The Labute approximate surface area is 116 Å². The first kappa shape index (κ1) is 14.0. The summed E-state index contributed by atoms with van der Waals surface area (Å²) >= 11 is 0. The predicted molar refractivity (Wildman–Crippen MR) is 72.2 cm³/mol. The smallest absolute Gasteiger partial charge is 0.360 e. The van der Waals surface area contributed by atoms with E-state index in [2.05, 4.69) is 10.2 Å². The van der Waals surface area contributed by atoms with E-state index in [0.29, 0.717) is 12.0 Å². The molecule has 0 aliphatic rings. The van der Waals surface area contributed by atoms with Crippen molar-refractivity contribution >= 4 is 22.8 Å². The second-order valence-corrected chi connectivity index (χ2v) is 4.27. The van der Waals surface area contributed by atoms with Crippen LogP contribution in [0.1, 0.15) is 30.3 Å². The lowest BCUT2D eigenvalue weighted by Crippen LogP contribution is -2.17.